The molecule has 0 aliphatic carbocycles. The Kier molecular flexibility index (Phi) is 2.45. The van der Waals surface area contributed by atoms with E-state index in [2.05, 4.69) is 13.3 Å². The first-order valence-corrected chi connectivity index (χ1v) is 5.57. The first-order chi connectivity index (χ1) is 5.11. The molecule has 0 aliphatic rings. The fourth-order valence-corrected chi connectivity index (χ4v) is 1.88. The van der Waals surface area contributed by atoms with E-state index in [1.54, 1.807) is 6.07 Å². The third-order valence-electron chi connectivity index (χ3n) is 1.47. The van der Waals surface area contributed by atoms with Crippen LogP contribution in [-0.2, 0) is 0 Å². The van der Waals surface area contributed by atoms with Crippen LogP contribution in [0.25, 0.3) is 0 Å². The van der Waals surface area contributed by atoms with Gasteiger partial charge in [0, 0.05) is 11.0 Å². The number of hydrogen-bond donors (Lipinski definition) is 1. The summed E-state index contributed by atoms with van der Waals surface area (Å²) >= 11 is 0. The Bertz CT molecular complexity index is 260. The third-order valence-corrected chi connectivity index (χ3v) is 2.83. The first kappa shape index (κ1) is 8.48. The zero-order valence-corrected chi connectivity index (χ0v) is 7.53. The monoisotopic (exact) mass is 171 g/mol. The minimum atomic E-state index is -0.298. The van der Waals surface area contributed by atoms with E-state index in [4.69, 9.17) is 5.73 Å². The Hall–Kier alpha value is -0.620. The van der Waals surface area contributed by atoms with E-state index >= 15 is 0 Å². The zero-order chi connectivity index (χ0) is 8.43. The van der Waals surface area contributed by atoms with Crippen molar-refractivity contribution in [2.45, 2.75) is 0 Å². The molecule has 0 bridgehead atoms. The van der Waals surface area contributed by atoms with Crippen molar-refractivity contribution in [3.05, 3.63) is 24.0 Å². The van der Waals surface area contributed by atoms with Crippen LogP contribution < -0.4 is 11.0 Å². The molecule has 1 aromatic carbocycles. The maximum absolute atomic E-state index is 12.7. The van der Waals surface area contributed by atoms with Crippen molar-refractivity contribution in [2.75, 3.05) is 19.1 Å². The normalized spacial score (nSPS) is 10.5. The van der Waals surface area contributed by atoms with Crippen molar-refractivity contribution < 1.29 is 4.39 Å². The van der Waals surface area contributed by atoms with Gasteiger partial charge in [-0.3, -0.25) is 0 Å². The summed E-state index contributed by atoms with van der Waals surface area (Å²) in [6.45, 7) is 4.11. The van der Waals surface area contributed by atoms with Gasteiger partial charge in [-0.15, -0.1) is 0 Å². The zero-order valence-electron chi connectivity index (χ0n) is 6.63. The Balaban J connectivity index is 3.13. The molecule has 1 nitrogen and oxygen atoms in total. The minimum Gasteiger partial charge on any atom is -0.398 e. The molecule has 2 N–H and O–H groups in total. The molecule has 0 saturated heterocycles. The SMILES string of the molecule is CP(C)c1cc(F)ccc1N. The quantitative estimate of drug-likeness (QED) is 0.505. The van der Waals surface area contributed by atoms with E-state index in [0.717, 1.165) is 5.30 Å². The summed E-state index contributed by atoms with van der Waals surface area (Å²) in [5.74, 6) is -0.203. The minimum absolute atomic E-state index is 0.203. The highest BCUT2D eigenvalue weighted by atomic mass is 31.1. The molecule has 0 atom stereocenters. The fraction of sp³-hybridized carbons (Fsp3) is 0.250. The van der Waals surface area contributed by atoms with Crippen molar-refractivity contribution in [2.24, 2.45) is 0 Å². The second-order valence-corrected chi connectivity index (χ2v) is 4.87. The van der Waals surface area contributed by atoms with Crippen molar-refractivity contribution in [1.29, 1.82) is 0 Å². The van der Waals surface area contributed by atoms with Crippen LogP contribution in [0.2, 0.25) is 0 Å². The van der Waals surface area contributed by atoms with Gasteiger partial charge in [-0.05, 0) is 31.5 Å². The number of rotatable bonds is 1. The fourth-order valence-electron chi connectivity index (χ4n) is 0.904. The number of hydrogen-bond acceptors (Lipinski definition) is 1. The molecule has 11 heavy (non-hydrogen) atoms. The van der Waals surface area contributed by atoms with Gasteiger partial charge < -0.3 is 5.73 Å². The largest absolute Gasteiger partial charge is 0.398 e. The molecule has 60 valence electrons. The van der Waals surface area contributed by atoms with E-state index in [9.17, 15) is 4.39 Å². The predicted octanol–water partition coefficient (Wildman–Crippen LogP) is 1.77. The van der Waals surface area contributed by atoms with Gasteiger partial charge in [-0.25, -0.2) is 4.39 Å². The van der Waals surface area contributed by atoms with E-state index in [0.29, 0.717) is 5.69 Å². The standard InChI is InChI=1S/C8H11FNP/c1-11(2)8-5-6(9)3-4-7(8)10/h3-5H,10H2,1-2H3. The average Bonchev–Trinajstić information content (AvgIpc) is 1.94. The molecular weight excluding hydrogens is 160 g/mol. The van der Waals surface area contributed by atoms with Gasteiger partial charge in [0.1, 0.15) is 5.82 Å². The van der Waals surface area contributed by atoms with Gasteiger partial charge in [0.25, 0.3) is 0 Å². The molecule has 3 heteroatoms. The lowest BCUT2D eigenvalue weighted by molar-refractivity contribution is 0.629. The van der Waals surface area contributed by atoms with E-state index in [1.165, 1.54) is 12.1 Å². The third kappa shape index (κ3) is 1.90. The van der Waals surface area contributed by atoms with E-state index in [-0.39, 0.29) is 13.7 Å². The molecule has 1 aromatic rings. The highest BCUT2D eigenvalue weighted by molar-refractivity contribution is 7.64. The lowest BCUT2D eigenvalue weighted by Gasteiger charge is -2.08. The number of anilines is 1. The van der Waals surface area contributed by atoms with Crippen LogP contribution in [-0.4, -0.2) is 13.3 Å². The van der Waals surface area contributed by atoms with Crippen molar-refractivity contribution >= 4 is 18.9 Å². The summed E-state index contributed by atoms with van der Waals surface area (Å²) in [7, 11) is -0.298. The molecule has 1 rings (SSSR count). The summed E-state index contributed by atoms with van der Waals surface area (Å²) in [4.78, 5) is 0. The van der Waals surface area contributed by atoms with Crippen LogP contribution in [0.5, 0.6) is 0 Å². The van der Waals surface area contributed by atoms with Crippen LogP contribution >= 0.6 is 7.92 Å². The van der Waals surface area contributed by atoms with Crippen molar-refractivity contribution in [1.82, 2.24) is 0 Å². The highest BCUT2D eigenvalue weighted by Gasteiger charge is 2.03. The van der Waals surface area contributed by atoms with Gasteiger partial charge in [-0.2, -0.15) is 0 Å². The van der Waals surface area contributed by atoms with Gasteiger partial charge in [0.15, 0.2) is 0 Å². The van der Waals surface area contributed by atoms with Crippen LogP contribution in [0.15, 0.2) is 18.2 Å². The lowest BCUT2D eigenvalue weighted by Crippen LogP contribution is -2.07. The topological polar surface area (TPSA) is 26.0 Å². The van der Waals surface area contributed by atoms with Crippen LogP contribution in [0.1, 0.15) is 0 Å². The van der Waals surface area contributed by atoms with Crippen molar-refractivity contribution in [3.8, 4) is 0 Å². The molecule has 0 amide bonds. The van der Waals surface area contributed by atoms with Crippen LogP contribution in [0.4, 0.5) is 10.1 Å². The number of benzene rings is 1. The van der Waals surface area contributed by atoms with Gasteiger partial charge >= 0.3 is 0 Å². The number of nitrogen functional groups attached to an aromatic ring is 1. The lowest BCUT2D eigenvalue weighted by atomic mass is 10.3. The van der Waals surface area contributed by atoms with Crippen molar-refractivity contribution in [3.63, 3.8) is 0 Å². The summed E-state index contributed by atoms with van der Waals surface area (Å²) in [5, 5.41) is 0.944. The maximum Gasteiger partial charge on any atom is 0.123 e. The summed E-state index contributed by atoms with van der Waals surface area (Å²) in [6, 6.07) is 4.52. The number of halogens is 1. The molecule has 0 unspecified atom stereocenters. The molecule has 0 fully saturated rings. The smallest absolute Gasteiger partial charge is 0.123 e. The number of nitrogens with two attached hydrogens (primary N) is 1. The van der Waals surface area contributed by atoms with Gasteiger partial charge in [0.2, 0.25) is 0 Å². The molecule has 0 aromatic heterocycles. The summed E-state index contributed by atoms with van der Waals surface area (Å²) in [6.07, 6.45) is 0. The molecule has 0 radical (unpaired) electrons. The molecule has 0 aliphatic heterocycles. The second kappa shape index (κ2) is 3.19. The molecular formula is C8H11FNP. The van der Waals surface area contributed by atoms with E-state index < -0.39 is 0 Å². The predicted molar refractivity (Wildman–Crippen MR) is 49.2 cm³/mol. The average molecular weight is 171 g/mol. The molecule has 0 saturated carbocycles. The second-order valence-electron chi connectivity index (χ2n) is 2.60. The Labute approximate surface area is 67.2 Å². The maximum atomic E-state index is 12.7. The summed E-state index contributed by atoms with van der Waals surface area (Å²) < 4.78 is 12.7. The Morgan fingerprint density at radius 1 is 1.36 bits per heavy atom. The molecule has 0 heterocycles. The first-order valence-electron chi connectivity index (χ1n) is 3.33. The Morgan fingerprint density at radius 2 is 2.00 bits per heavy atom. The van der Waals surface area contributed by atoms with Gasteiger partial charge in [-0.1, -0.05) is 7.92 Å². The van der Waals surface area contributed by atoms with Gasteiger partial charge in [0.05, 0.1) is 0 Å². The van der Waals surface area contributed by atoms with Crippen LogP contribution in [0, 0.1) is 5.82 Å². The van der Waals surface area contributed by atoms with Crippen LogP contribution in [0.3, 0.4) is 0 Å². The molecule has 0 spiro atoms. The Morgan fingerprint density at radius 3 is 2.45 bits per heavy atom. The highest BCUT2D eigenvalue weighted by Crippen LogP contribution is 2.26. The summed E-state index contributed by atoms with van der Waals surface area (Å²) in [5.41, 5.74) is 6.34. The van der Waals surface area contributed by atoms with E-state index in [1.807, 2.05) is 0 Å².